The zero-order chi connectivity index (χ0) is 24.5. The van der Waals surface area contributed by atoms with Crippen LogP contribution in [0.15, 0.2) is 48.5 Å². The van der Waals surface area contributed by atoms with Crippen molar-refractivity contribution in [1.29, 1.82) is 0 Å². The van der Waals surface area contributed by atoms with Crippen molar-refractivity contribution >= 4 is 11.9 Å². The van der Waals surface area contributed by atoms with Crippen molar-refractivity contribution in [1.82, 2.24) is 0 Å². The maximum absolute atomic E-state index is 12.7. The van der Waals surface area contributed by atoms with Crippen molar-refractivity contribution in [2.75, 3.05) is 27.4 Å². The van der Waals surface area contributed by atoms with Crippen LogP contribution < -0.4 is 0 Å². The van der Waals surface area contributed by atoms with Gasteiger partial charge in [-0.05, 0) is 35.4 Å². The van der Waals surface area contributed by atoms with E-state index in [4.69, 9.17) is 19.7 Å². The molecule has 3 rings (SSSR count). The molecule has 1 saturated carbocycles. The summed E-state index contributed by atoms with van der Waals surface area (Å²) < 4.78 is 10.1. The Morgan fingerprint density at radius 1 is 0.706 bits per heavy atom. The van der Waals surface area contributed by atoms with Gasteiger partial charge in [0.25, 0.3) is 0 Å². The summed E-state index contributed by atoms with van der Waals surface area (Å²) in [6.45, 7) is 0.0206. The molecule has 0 heterocycles. The number of methoxy groups -OCH3 is 2. The number of hydrogen-bond acceptors (Lipinski definition) is 6. The van der Waals surface area contributed by atoms with Gasteiger partial charge in [0.2, 0.25) is 0 Å². The molecule has 2 aromatic rings. The fraction of sp³-hybridized carbons (Fsp3) is 0.357. The number of carbonyl (C=O) groups excluding carboxylic acids is 2. The Labute approximate surface area is 199 Å². The van der Waals surface area contributed by atoms with Crippen LogP contribution in [-0.4, -0.2) is 49.6 Å². The van der Waals surface area contributed by atoms with Gasteiger partial charge in [-0.1, -0.05) is 47.9 Å². The van der Waals surface area contributed by atoms with Gasteiger partial charge in [0.1, 0.15) is 0 Å². The van der Waals surface area contributed by atoms with Gasteiger partial charge >= 0.3 is 11.9 Å². The van der Waals surface area contributed by atoms with E-state index in [1.165, 1.54) is 14.2 Å². The quantitative estimate of drug-likeness (QED) is 0.509. The molecule has 2 aromatic carbocycles. The van der Waals surface area contributed by atoms with Crippen LogP contribution in [0.2, 0.25) is 0 Å². The summed E-state index contributed by atoms with van der Waals surface area (Å²) in [6, 6.07) is 15.1. The smallest absolute Gasteiger partial charge is 0.310 e. The van der Waals surface area contributed by atoms with E-state index in [9.17, 15) is 9.59 Å². The van der Waals surface area contributed by atoms with Crippen molar-refractivity contribution in [3.05, 3.63) is 70.8 Å². The third-order valence-corrected chi connectivity index (χ3v) is 6.02. The van der Waals surface area contributed by atoms with Crippen LogP contribution >= 0.6 is 0 Å². The molecule has 4 atom stereocenters. The molecule has 0 aromatic heterocycles. The second-order valence-corrected chi connectivity index (χ2v) is 7.94. The molecule has 176 valence electrons. The Morgan fingerprint density at radius 3 is 1.35 bits per heavy atom. The molecular weight excluding hydrogens is 432 g/mol. The van der Waals surface area contributed by atoms with Crippen molar-refractivity contribution in [3.63, 3.8) is 0 Å². The largest absolute Gasteiger partial charge is 0.469 e. The molecule has 0 unspecified atom stereocenters. The average Bonchev–Trinajstić information content (AvgIpc) is 2.85. The van der Waals surface area contributed by atoms with Crippen LogP contribution in [0, 0.1) is 35.5 Å². The van der Waals surface area contributed by atoms with Gasteiger partial charge in [-0.15, -0.1) is 0 Å². The van der Waals surface area contributed by atoms with Gasteiger partial charge in [0.05, 0.1) is 39.3 Å². The molecule has 1 fully saturated rings. The van der Waals surface area contributed by atoms with Gasteiger partial charge in [0, 0.05) is 35.8 Å². The summed E-state index contributed by atoms with van der Waals surface area (Å²) in [5.74, 6) is 8.99. The van der Waals surface area contributed by atoms with E-state index in [2.05, 4.69) is 23.7 Å². The summed E-state index contributed by atoms with van der Waals surface area (Å²) in [7, 11) is 2.64. The molecule has 0 aliphatic heterocycles. The third kappa shape index (κ3) is 5.48. The molecule has 6 heteroatoms. The van der Waals surface area contributed by atoms with Gasteiger partial charge in [-0.25, -0.2) is 0 Å². The molecule has 0 saturated heterocycles. The van der Waals surface area contributed by atoms with Crippen LogP contribution in [0.5, 0.6) is 0 Å². The average molecular weight is 461 g/mol. The van der Waals surface area contributed by atoms with Gasteiger partial charge < -0.3 is 19.7 Å². The molecular formula is C28H28O6. The number of esters is 2. The summed E-state index contributed by atoms with van der Waals surface area (Å²) in [6.07, 6.45) is 0.802. The molecule has 2 N–H and O–H groups in total. The normalized spacial score (nSPS) is 20.6. The van der Waals surface area contributed by atoms with Crippen LogP contribution in [0.25, 0.3) is 0 Å². The standard InChI is InChI=1S/C28H28O6/c1-33-27(31)25-23(21-13-9-19(10-14-21)7-3-5-17-29)24(26(25)28(32)34-2)22-15-11-20(12-16-22)8-4-6-18-30/h9-16,23-26,29-30H,5-6,17-18H2,1-2H3/t23-,24+,25+,26-. The monoisotopic (exact) mass is 460 g/mol. The highest BCUT2D eigenvalue weighted by Gasteiger charge is 2.59. The maximum Gasteiger partial charge on any atom is 0.310 e. The molecule has 0 bridgehead atoms. The highest BCUT2D eigenvalue weighted by atomic mass is 16.5. The number of aliphatic hydroxyl groups excluding tert-OH is 2. The van der Waals surface area contributed by atoms with Crippen LogP contribution in [-0.2, 0) is 19.1 Å². The van der Waals surface area contributed by atoms with Crippen molar-refractivity contribution < 1.29 is 29.3 Å². The van der Waals surface area contributed by atoms with E-state index in [-0.39, 0.29) is 25.0 Å². The highest BCUT2D eigenvalue weighted by molar-refractivity contribution is 5.87. The number of carbonyl (C=O) groups is 2. The predicted molar refractivity (Wildman–Crippen MR) is 127 cm³/mol. The summed E-state index contributed by atoms with van der Waals surface area (Å²) in [4.78, 5) is 25.4. The first-order chi connectivity index (χ1) is 16.5. The first-order valence-corrected chi connectivity index (χ1v) is 11.1. The van der Waals surface area contributed by atoms with E-state index in [0.717, 1.165) is 22.3 Å². The zero-order valence-corrected chi connectivity index (χ0v) is 19.3. The Hall–Kier alpha value is -3.58. The van der Waals surface area contributed by atoms with E-state index < -0.39 is 23.8 Å². The molecule has 0 spiro atoms. The fourth-order valence-electron chi connectivity index (χ4n) is 4.45. The molecule has 0 radical (unpaired) electrons. The zero-order valence-electron chi connectivity index (χ0n) is 19.3. The number of rotatable bonds is 6. The van der Waals surface area contributed by atoms with E-state index >= 15 is 0 Å². The minimum absolute atomic E-state index is 0.0103. The van der Waals surface area contributed by atoms with Gasteiger partial charge in [-0.2, -0.15) is 0 Å². The lowest BCUT2D eigenvalue weighted by atomic mass is 9.52. The molecule has 1 aliphatic carbocycles. The predicted octanol–water partition coefficient (Wildman–Crippen LogP) is 2.61. The number of ether oxygens (including phenoxy) is 2. The number of benzene rings is 2. The summed E-state index contributed by atoms with van der Waals surface area (Å²) >= 11 is 0. The summed E-state index contributed by atoms with van der Waals surface area (Å²) in [5.41, 5.74) is 3.41. The van der Waals surface area contributed by atoms with Crippen molar-refractivity contribution in [3.8, 4) is 23.7 Å². The Kier molecular flexibility index (Phi) is 8.87. The Balaban J connectivity index is 1.98. The van der Waals surface area contributed by atoms with Crippen LogP contribution in [0.1, 0.15) is 46.9 Å². The molecule has 1 aliphatic rings. The van der Waals surface area contributed by atoms with E-state index in [1.54, 1.807) is 0 Å². The Morgan fingerprint density at radius 2 is 1.06 bits per heavy atom. The van der Waals surface area contributed by atoms with Gasteiger partial charge in [-0.3, -0.25) is 9.59 Å². The second-order valence-electron chi connectivity index (χ2n) is 7.94. The molecule has 34 heavy (non-hydrogen) atoms. The summed E-state index contributed by atoms with van der Waals surface area (Å²) in [5, 5.41) is 17.8. The van der Waals surface area contributed by atoms with E-state index in [0.29, 0.717) is 12.8 Å². The molecule has 6 nitrogen and oxygen atoms in total. The third-order valence-electron chi connectivity index (χ3n) is 6.02. The minimum atomic E-state index is -0.669. The topological polar surface area (TPSA) is 93.1 Å². The maximum atomic E-state index is 12.7. The Bertz CT molecular complexity index is 1020. The SMILES string of the molecule is COC(=O)[C@@H]1[C@H](C(=O)OC)[C@@H](c2ccc(C#CCCO)cc2)[C@H]1c1ccc(C#CCCO)cc1. The lowest BCUT2D eigenvalue weighted by Crippen LogP contribution is -2.52. The lowest BCUT2D eigenvalue weighted by molar-refractivity contribution is -0.168. The van der Waals surface area contributed by atoms with E-state index in [1.807, 2.05) is 48.5 Å². The van der Waals surface area contributed by atoms with Crippen molar-refractivity contribution in [2.24, 2.45) is 11.8 Å². The second kappa shape index (κ2) is 12.0. The fourth-order valence-corrected chi connectivity index (χ4v) is 4.45. The highest BCUT2D eigenvalue weighted by Crippen LogP contribution is 2.58. The number of aliphatic hydroxyl groups is 2. The molecule has 0 amide bonds. The minimum Gasteiger partial charge on any atom is -0.469 e. The lowest BCUT2D eigenvalue weighted by Gasteiger charge is -2.49. The van der Waals surface area contributed by atoms with Crippen LogP contribution in [0.4, 0.5) is 0 Å². The first kappa shape index (κ1) is 25.1. The van der Waals surface area contributed by atoms with Crippen LogP contribution in [0.3, 0.4) is 0 Å². The first-order valence-electron chi connectivity index (χ1n) is 11.1. The van der Waals surface area contributed by atoms with Crippen molar-refractivity contribution in [2.45, 2.75) is 24.7 Å². The number of hydrogen-bond donors (Lipinski definition) is 2. The van der Waals surface area contributed by atoms with Gasteiger partial charge in [0.15, 0.2) is 0 Å².